The number of halogens is 2. The zero-order valence-electron chi connectivity index (χ0n) is 13.2. The van der Waals surface area contributed by atoms with Crippen LogP contribution < -0.4 is 10.1 Å². The van der Waals surface area contributed by atoms with Crippen molar-refractivity contribution < 1.29 is 22.7 Å². The third kappa shape index (κ3) is 4.79. The van der Waals surface area contributed by atoms with Crippen LogP contribution >= 0.6 is 11.8 Å². The van der Waals surface area contributed by atoms with Crippen molar-refractivity contribution in [1.82, 2.24) is 20.2 Å². The van der Waals surface area contributed by atoms with Crippen molar-refractivity contribution in [3.05, 3.63) is 48.4 Å². The first kappa shape index (κ1) is 17.9. The molecule has 3 aromatic rings. The number of rotatable bonds is 8. The van der Waals surface area contributed by atoms with Crippen LogP contribution in [-0.4, -0.2) is 38.5 Å². The summed E-state index contributed by atoms with van der Waals surface area (Å²) in [6, 6.07) is 9.48. The van der Waals surface area contributed by atoms with E-state index in [9.17, 15) is 13.6 Å². The lowest BCUT2D eigenvalue weighted by Gasteiger charge is -2.11. The monoisotopic (exact) mass is 381 g/mol. The van der Waals surface area contributed by atoms with Gasteiger partial charge < -0.3 is 14.5 Å². The van der Waals surface area contributed by atoms with Gasteiger partial charge in [0.1, 0.15) is 18.1 Å². The molecule has 3 rings (SSSR count). The van der Waals surface area contributed by atoms with Crippen molar-refractivity contribution >= 4 is 23.4 Å². The molecule has 0 saturated heterocycles. The van der Waals surface area contributed by atoms with Gasteiger partial charge in [0.25, 0.3) is 0 Å². The summed E-state index contributed by atoms with van der Waals surface area (Å²) in [5.74, 6) is 0.139. The summed E-state index contributed by atoms with van der Waals surface area (Å²) in [7, 11) is 0. The smallest absolute Gasteiger partial charge is 0.387 e. The molecule has 8 nitrogen and oxygen atoms in total. The number of alkyl halides is 2. The van der Waals surface area contributed by atoms with Gasteiger partial charge >= 0.3 is 6.61 Å². The fourth-order valence-corrected chi connectivity index (χ4v) is 2.71. The maximum atomic E-state index is 12.4. The summed E-state index contributed by atoms with van der Waals surface area (Å²) in [5.41, 5.74) is 0.161. The maximum Gasteiger partial charge on any atom is 0.387 e. The summed E-state index contributed by atoms with van der Waals surface area (Å²) >= 11 is 1.11. The highest BCUT2D eigenvalue weighted by molar-refractivity contribution is 7.99. The van der Waals surface area contributed by atoms with Crippen molar-refractivity contribution in [1.29, 1.82) is 0 Å². The molecule has 2 heterocycles. The lowest BCUT2D eigenvalue weighted by atomic mass is 10.3. The van der Waals surface area contributed by atoms with Gasteiger partial charge in [-0.3, -0.25) is 4.79 Å². The first-order valence-corrected chi connectivity index (χ1v) is 8.35. The Morgan fingerprint density at radius 3 is 2.92 bits per heavy atom. The molecule has 0 bridgehead atoms. The van der Waals surface area contributed by atoms with Crippen LogP contribution in [0.3, 0.4) is 0 Å². The van der Waals surface area contributed by atoms with E-state index in [-0.39, 0.29) is 17.2 Å². The zero-order chi connectivity index (χ0) is 18.4. The number of nitrogens with one attached hydrogen (secondary N) is 1. The van der Waals surface area contributed by atoms with E-state index in [2.05, 4.69) is 25.6 Å². The van der Waals surface area contributed by atoms with Crippen molar-refractivity contribution in [3.63, 3.8) is 0 Å². The SMILES string of the molecule is O=C(CSc1nnnn1Cc1ccco1)Nc1ccccc1OC(F)F. The van der Waals surface area contributed by atoms with Gasteiger partial charge in [0, 0.05) is 0 Å². The molecule has 0 saturated carbocycles. The molecule has 1 amide bonds. The Labute approximate surface area is 150 Å². The summed E-state index contributed by atoms with van der Waals surface area (Å²) in [6.45, 7) is -2.65. The largest absolute Gasteiger partial charge is 0.467 e. The highest BCUT2D eigenvalue weighted by Gasteiger charge is 2.14. The van der Waals surface area contributed by atoms with Crippen molar-refractivity contribution in [2.24, 2.45) is 0 Å². The molecule has 0 spiro atoms. The Bertz CT molecular complexity index is 857. The number of benzene rings is 1. The average Bonchev–Trinajstić information content (AvgIpc) is 3.27. The van der Waals surface area contributed by atoms with E-state index in [1.807, 2.05) is 0 Å². The molecule has 0 atom stereocenters. The van der Waals surface area contributed by atoms with E-state index in [1.165, 1.54) is 22.9 Å². The van der Waals surface area contributed by atoms with Gasteiger partial charge in [-0.1, -0.05) is 23.9 Å². The van der Waals surface area contributed by atoms with Gasteiger partial charge in [0.05, 0.1) is 17.7 Å². The van der Waals surface area contributed by atoms with Gasteiger partial charge in [-0.2, -0.15) is 8.78 Å². The Hall–Kier alpha value is -2.95. The van der Waals surface area contributed by atoms with Crippen LogP contribution in [0.4, 0.5) is 14.5 Å². The molecule has 0 fully saturated rings. The highest BCUT2D eigenvalue weighted by Crippen LogP contribution is 2.26. The van der Waals surface area contributed by atoms with Crippen LogP contribution in [0.5, 0.6) is 5.75 Å². The summed E-state index contributed by atoms with van der Waals surface area (Å²) in [5, 5.41) is 14.2. The van der Waals surface area contributed by atoms with Crippen LogP contribution in [-0.2, 0) is 11.3 Å². The molecule has 1 aromatic carbocycles. The second kappa shape index (κ2) is 8.43. The second-order valence-corrected chi connectivity index (χ2v) is 5.85. The zero-order valence-corrected chi connectivity index (χ0v) is 14.0. The topological polar surface area (TPSA) is 95.1 Å². The van der Waals surface area contributed by atoms with Crippen molar-refractivity contribution in [2.75, 3.05) is 11.1 Å². The van der Waals surface area contributed by atoms with E-state index in [0.29, 0.717) is 17.5 Å². The Kier molecular flexibility index (Phi) is 5.79. The van der Waals surface area contributed by atoms with Crippen LogP contribution in [0.1, 0.15) is 5.76 Å². The van der Waals surface area contributed by atoms with Crippen molar-refractivity contribution in [2.45, 2.75) is 18.3 Å². The lowest BCUT2D eigenvalue weighted by molar-refractivity contribution is -0.113. The quantitative estimate of drug-likeness (QED) is 0.599. The maximum absolute atomic E-state index is 12.4. The van der Waals surface area contributed by atoms with Gasteiger partial charge in [0.15, 0.2) is 0 Å². The summed E-state index contributed by atoms with van der Waals surface area (Å²) in [4.78, 5) is 12.1. The first-order valence-electron chi connectivity index (χ1n) is 7.37. The van der Waals surface area contributed by atoms with E-state index < -0.39 is 12.5 Å². The van der Waals surface area contributed by atoms with Gasteiger partial charge in [-0.05, 0) is 34.7 Å². The molecule has 0 unspecified atom stereocenters. The number of ether oxygens (including phenoxy) is 1. The number of carbonyl (C=O) groups is 1. The molecular weight excluding hydrogens is 368 g/mol. The Balaban J connectivity index is 1.58. The molecule has 0 aliphatic carbocycles. The predicted octanol–water partition coefficient (Wildman–Crippen LogP) is 2.65. The number of hydrogen-bond donors (Lipinski definition) is 1. The molecule has 0 aliphatic heterocycles. The van der Waals surface area contributed by atoms with Gasteiger partial charge in [-0.25, -0.2) is 4.68 Å². The number of amides is 1. The lowest BCUT2D eigenvalue weighted by Crippen LogP contribution is -2.16. The predicted molar refractivity (Wildman–Crippen MR) is 88.1 cm³/mol. The summed E-state index contributed by atoms with van der Waals surface area (Å²) in [6.07, 6.45) is 1.54. The van der Waals surface area contributed by atoms with Crippen LogP contribution in [0, 0.1) is 0 Å². The van der Waals surface area contributed by atoms with Crippen LogP contribution in [0.2, 0.25) is 0 Å². The van der Waals surface area contributed by atoms with E-state index in [4.69, 9.17) is 4.42 Å². The first-order chi connectivity index (χ1) is 12.6. The fourth-order valence-electron chi connectivity index (χ4n) is 2.03. The minimum absolute atomic E-state index is 0.0124. The minimum Gasteiger partial charge on any atom is -0.467 e. The Morgan fingerprint density at radius 1 is 1.31 bits per heavy atom. The van der Waals surface area contributed by atoms with Crippen LogP contribution in [0.15, 0.2) is 52.2 Å². The average molecular weight is 381 g/mol. The van der Waals surface area contributed by atoms with E-state index >= 15 is 0 Å². The van der Waals surface area contributed by atoms with E-state index in [1.54, 1.807) is 24.5 Å². The summed E-state index contributed by atoms with van der Waals surface area (Å²) < 4.78 is 35.9. The molecule has 1 N–H and O–H groups in total. The number of aromatic nitrogens is 4. The molecule has 0 aliphatic rings. The van der Waals surface area contributed by atoms with Crippen LogP contribution in [0.25, 0.3) is 0 Å². The highest BCUT2D eigenvalue weighted by atomic mass is 32.2. The number of tetrazole rings is 1. The molecule has 2 aromatic heterocycles. The number of furan rings is 1. The van der Waals surface area contributed by atoms with Gasteiger partial charge in [0.2, 0.25) is 11.1 Å². The molecule has 26 heavy (non-hydrogen) atoms. The minimum atomic E-state index is -2.98. The standard InChI is InChI=1S/C15H13F2N5O3S/c16-14(17)25-12-6-2-1-5-11(12)18-13(23)9-26-15-19-20-21-22(15)8-10-4-3-7-24-10/h1-7,14H,8-9H2,(H,18,23). The third-order valence-corrected chi connectivity index (χ3v) is 4.05. The molecule has 136 valence electrons. The number of carbonyl (C=O) groups excluding carboxylic acids is 1. The van der Waals surface area contributed by atoms with Crippen molar-refractivity contribution in [3.8, 4) is 5.75 Å². The molecular formula is C15H13F2N5O3S. The van der Waals surface area contributed by atoms with Gasteiger partial charge in [-0.15, -0.1) is 5.10 Å². The number of thioether (sulfide) groups is 1. The number of nitrogens with zero attached hydrogens (tertiary/aromatic N) is 4. The second-order valence-electron chi connectivity index (χ2n) is 4.91. The number of hydrogen-bond acceptors (Lipinski definition) is 7. The third-order valence-electron chi connectivity index (χ3n) is 3.09. The number of anilines is 1. The van der Waals surface area contributed by atoms with E-state index in [0.717, 1.165) is 11.8 Å². The number of para-hydroxylation sites is 2. The Morgan fingerprint density at radius 2 is 2.15 bits per heavy atom. The molecule has 11 heteroatoms. The normalized spacial score (nSPS) is 10.9. The fraction of sp³-hybridized carbons (Fsp3) is 0.200. The molecule has 0 radical (unpaired) electrons.